The maximum absolute atomic E-state index is 12.9. The van der Waals surface area contributed by atoms with Gasteiger partial charge in [0.05, 0.1) is 11.4 Å². The third-order valence-electron chi connectivity index (χ3n) is 4.10. The number of sulfonamides is 1. The highest BCUT2D eigenvalue weighted by Crippen LogP contribution is 2.33. The van der Waals surface area contributed by atoms with Crippen molar-refractivity contribution in [3.05, 3.63) is 53.8 Å². The van der Waals surface area contributed by atoms with Crippen LogP contribution in [0.5, 0.6) is 0 Å². The Morgan fingerprint density at radius 3 is 2.46 bits per heavy atom. The second kappa shape index (κ2) is 7.33. The van der Waals surface area contributed by atoms with E-state index in [9.17, 15) is 17.6 Å². The molecule has 0 aromatic heterocycles. The van der Waals surface area contributed by atoms with Crippen LogP contribution in [0.2, 0.25) is 0 Å². The van der Waals surface area contributed by atoms with E-state index in [4.69, 9.17) is 0 Å². The monoisotopic (exact) mass is 377 g/mol. The Kier molecular flexibility index (Phi) is 5.13. The van der Waals surface area contributed by atoms with Crippen LogP contribution in [0.4, 0.5) is 26.2 Å². The first-order valence-corrected chi connectivity index (χ1v) is 9.97. The summed E-state index contributed by atoms with van der Waals surface area (Å²) in [5.74, 6) is -0.294. The second-order valence-electron chi connectivity index (χ2n) is 6.07. The topological polar surface area (TPSA) is 78.5 Å². The van der Waals surface area contributed by atoms with Crippen molar-refractivity contribution in [2.45, 2.75) is 19.8 Å². The normalized spacial score (nSPS) is 13.4. The first kappa shape index (κ1) is 18.2. The molecule has 0 saturated heterocycles. The summed E-state index contributed by atoms with van der Waals surface area (Å²) in [6, 6.07) is 10.1. The number of nitrogens with zero attached hydrogens (tertiary/aromatic N) is 1. The largest absolute Gasteiger partial charge is 0.323 e. The Hall–Kier alpha value is -2.61. The minimum absolute atomic E-state index is 0.0924. The van der Waals surface area contributed by atoms with Gasteiger partial charge in [0.25, 0.3) is 0 Å². The molecule has 0 bridgehead atoms. The Morgan fingerprint density at radius 1 is 1.12 bits per heavy atom. The van der Waals surface area contributed by atoms with E-state index >= 15 is 0 Å². The summed E-state index contributed by atoms with van der Waals surface area (Å²) >= 11 is 0. The molecule has 3 rings (SSSR count). The quantitative estimate of drug-likeness (QED) is 0.836. The zero-order valence-corrected chi connectivity index (χ0v) is 15.1. The lowest BCUT2D eigenvalue weighted by atomic mass is 10.1. The van der Waals surface area contributed by atoms with Crippen LogP contribution in [0.1, 0.15) is 18.9 Å². The fraction of sp³-hybridized carbons (Fsp3) is 0.278. The van der Waals surface area contributed by atoms with Crippen LogP contribution < -0.4 is 14.9 Å². The molecular weight excluding hydrogens is 357 g/mol. The molecule has 0 spiro atoms. The van der Waals surface area contributed by atoms with E-state index in [0.29, 0.717) is 36.4 Å². The van der Waals surface area contributed by atoms with Gasteiger partial charge >= 0.3 is 6.03 Å². The second-order valence-corrected chi connectivity index (χ2v) is 8.08. The van der Waals surface area contributed by atoms with Crippen molar-refractivity contribution in [2.24, 2.45) is 0 Å². The standard InChI is InChI=1S/C18H20FN3O3S/c1-2-11-26(24,25)22-10-9-13-3-6-16(12-17(13)22)21-18(23)20-15-7-4-14(19)5-8-15/h3-8,12H,2,9-11H2,1H3,(H2,20,21,23). The van der Waals surface area contributed by atoms with E-state index in [0.717, 1.165) is 5.56 Å². The highest BCUT2D eigenvalue weighted by molar-refractivity contribution is 7.92. The number of anilines is 3. The highest BCUT2D eigenvalue weighted by atomic mass is 32.2. The maximum Gasteiger partial charge on any atom is 0.323 e. The van der Waals surface area contributed by atoms with Crippen molar-refractivity contribution in [3.63, 3.8) is 0 Å². The van der Waals surface area contributed by atoms with Gasteiger partial charge in [0.1, 0.15) is 5.82 Å². The Balaban J connectivity index is 1.74. The van der Waals surface area contributed by atoms with Gasteiger partial charge in [-0.1, -0.05) is 13.0 Å². The van der Waals surface area contributed by atoms with E-state index in [-0.39, 0.29) is 11.6 Å². The van der Waals surface area contributed by atoms with E-state index in [1.54, 1.807) is 12.1 Å². The molecule has 2 amide bonds. The fourth-order valence-corrected chi connectivity index (χ4v) is 4.49. The van der Waals surface area contributed by atoms with Gasteiger partial charge in [-0.05, 0) is 54.8 Å². The Bertz CT molecular complexity index is 914. The van der Waals surface area contributed by atoms with Crippen molar-refractivity contribution in [2.75, 3.05) is 27.2 Å². The smallest absolute Gasteiger partial charge is 0.308 e. The van der Waals surface area contributed by atoms with Gasteiger partial charge in [-0.2, -0.15) is 0 Å². The van der Waals surface area contributed by atoms with Gasteiger partial charge in [-0.3, -0.25) is 4.31 Å². The molecule has 1 heterocycles. The predicted molar refractivity (Wildman–Crippen MR) is 101 cm³/mol. The third kappa shape index (κ3) is 3.96. The lowest BCUT2D eigenvalue weighted by Gasteiger charge is -2.19. The molecule has 0 fully saturated rings. The zero-order chi connectivity index (χ0) is 18.7. The number of nitrogens with one attached hydrogen (secondary N) is 2. The molecule has 0 radical (unpaired) electrons. The molecular formula is C18H20FN3O3S. The minimum Gasteiger partial charge on any atom is -0.308 e. The summed E-state index contributed by atoms with van der Waals surface area (Å²) in [4.78, 5) is 12.1. The first-order valence-electron chi connectivity index (χ1n) is 8.36. The van der Waals surface area contributed by atoms with E-state index in [1.807, 2.05) is 13.0 Å². The number of hydrogen-bond donors (Lipinski definition) is 2. The van der Waals surface area contributed by atoms with Crippen LogP contribution >= 0.6 is 0 Å². The molecule has 0 aliphatic carbocycles. The number of rotatable bonds is 5. The van der Waals surface area contributed by atoms with Crippen LogP contribution in [-0.4, -0.2) is 26.7 Å². The van der Waals surface area contributed by atoms with Crippen molar-refractivity contribution in [3.8, 4) is 0 Å². The lowest BCUT2D eigenvalue weighted by Crippen LogP contribution is -2.31. The zero-order valence-electron chi connectivity index (χ0n) is 14.3. The summed E-state index contributed by atoms with van der Waals surface area (Å²) in [6.45, 7) is 2.25. The molecule has 138 valence electrons. The molecule has 8 heteroatoms. The van der Waals surface area contributed by atoms with Crippen molar-refractivity contribution >= 4 is 33.1 Å². The van der Waals surface area contributed by atoms with Crippen molar-refractivity contribution in [1.29, 1.82) is 0 Å². The molecule has 6 nitrogen and oxygen atoms in total. The summed E-state index contributed by atoms with van der Waals surface area (Å²) in [7, 11) is -3.35. The van der Waals surface area contributed by atoms with Gasteiger partial charge in [0.15, 0.2) is 0 Å². The summed E-state index contributed by atoms with van der Waals surface area (Å²) in [5, 5.41) is 5.27. The summed E-state index contributed by atoms with van der Waals surface area (Å²) in [5.41, 5.74) is 2.49. The van der Waals surface area contributed by atoms with Gasteiger partial charge in [-0.25, -0.2) is 17.6 Å². The van der Waals surface area contributed by atoms with E-state index in [1.165, 1.54) is 28.6 Å². The van der Waals surface area contributed by atoms with Crippen LogP contribution in [0, 0.1) is 5.82 Å². The molecule has 0 unspecified atom stereocenters. The van der Waals surface area contributed by atoms with Crippen molar-refractivity contribution < 1.29 is 17.6 Å². The predicted octanol–water partition coefficient (Wildman–Crippen LogP) is 3.57. The summed E-state index contributed by atoms with van der Waals surface area (Å²) < 4.78 is 39.1. The number of fused-ring (bicyclic) bond motifs is 1. The highest BCUT2D eigenvalue weighted by Gasteiger charge is 2.28. The molecule has 26 heavy (non-hydrogen) atoms. The molecule has 0 atom stereocenters. The summed E-state index contributed by atoms with van der Waals surface area (Å²) in [6.07, 6.45) is 1.20. The number of amides is 2. The molecule has 2 aromatic carbocycles. The number of halogens is 1. The van der Waals surface area contributed by atoms with Crippen molar-refractivity contribution in [1.82, 2.24) is 0 Å². The number of carbonyl (C=O) groups excluding carboxylic acids is 1. The van der Waals surface area contributed by atoms with Gasteiger partial charge in [0.2, 0.25) is 10.0 Å². The molecule has 0 saturated carbocycles. The average Bonchev–Trinajstić information content (AvgIpc) is 3.01. The van der Waals surface area contributed by atoms with Crippen LogP contribution in [0.3, 0.4) is 0 Å². The molecule has 2 N–H and O–H groups in total. The number of benzene rings is 2. The molecule has 1 aliphatic rings. The Morgan fingerprint density at radius 2 is 1.77 bits per heavy atom. The van der Waals surface area contributed by atoms with Gasteiger partial charge in [-0.15, -0.1) is 0 Å². The molecule has 2 aromatic rings. The SMILES string of the molecule is CCCS(=O)(=O)N1CCc2ccc(NC(=O)Nc3ccc(F)cc3)cc21. The van der Waals surface area contributed by atoms with E-state index < -0.39 is 16.1 Å². The van der Waals surface area contributed by atoms with Gasteiger partial charge in [0, 0.05) is 17.9 Å². The number of carbonyl (C=O) groups is 1. The minimum atomic E-state index is -3.35. The third-order valence-corrected chi connectivity index (χ3v) is 6.07. The Labute approximate surface area is 152 Å². The fourth-order valence-electron chi connectivity index (χ4n) is 2.91. The first-order chi connectivity index (χ1) is 12.4. The van der Waals surface area contributed by atoms with Crippen LogP contribution in [0.15, 0.2) is 42.5 Å². The molecule has 1 aliphatic heterocycles. The van der Waals surface area contributed by atoms with E-state index in [2.05, 4.69) is 10.6 Å². The number of hydrogen-bond acceptors (Lipinski definition) is 3. The van der Waals surface area contributed by atoms with Crippen LogP contribution in [0.25, 0.3) is 0 Å². The lowest BCUT2D eigenvalue weighted by molar-refractivity contribution is 0.262. The maximum atomic E-state index is 12.9. The van der Waals surface area contributed by atoms with Gasteiger partial charge < -0.3 is 10.6 Å². The average molecular weight is 377 g/mol. The number of urea groups is 1. The van der Waals surface area contributed by atoms with Crippen LogP contribution in [-0.2, 0) is 16.4 Å².